The van der Waals surface area contributed by atoms with Crippen molar-refractivity contribution in [1.29, 1.82) is 0 Å². The molecule has 4 nitrogen and oxygen atoms in total. The van der Waals surface area contributed by atoms with Crippen LogP contribution < -0.4 is 10.1 Å². The van der Waals surface area contributed by atoms with Crippen LogP contribution in [-0.2, 0) is 0 Å². The molecule has 0 radical (unpaired) electrons. The highest BCUT2D eigenvalue weighted by Crippen LogP contribution is 2.20. The fourth-order valence-electron chi connectivity index (χ4n) is 1.42. The molecule has 2 aromatic rings. The molecule has 0 spiro atoms. The first kappa shape index (κ1) is 13.3. The van der Waals surface area contributed by atoms with E-state index >= 15 is 0 Å². The van der Waals surface area contributed by atoms with Crippen molar-refractivity contribution in [2.75, 3.05) is 12.4 Å². The van der Waals surface area contributed by atoms with Gasteiger partial charge >= 0.3 is 0 Å². The van der Waals surface area contributed by atoms with Crippen LogP contribution in [0.2, 0.25) is 5.02 Å². The molecule has 1 amide bonds. The second-order valence-electron chi connectivity index (χ2n) is 3.65. The molecule has 0 bridgehead atoms. The Labute approximate surface area is 114 Å². The molecule has 1 aromatic carbocycles. The Morgan fingerprint density at radius 2 is 2.16 bits per heavy atom. The monoisotopic (exact) mass is 280 g/mol. The zero-order valence-electron chi connectivity index (χ0n) is 9.98. The largest absolute Gasteiger partial charge is 0.481 e. The number of amides is 1. The van der Waals surface area contributed by atoms with Gasteiger partial charge in [0.15, 0.2) is 0 Å². The molecule has 1 heterocycles. The lowest BCUT2D eigenvalue weighted by Crippen LogP contribution is -2.13. The molecule has 0 aliphatic heterocycles. The van der Waals surface area contributed by atoms with Crippen molar-refractivity contribution in [2.24, 2.45) is 0 Å². The molecule has 2 rings (SSSR count). The summed E-state index contributed by atoms with van der Waals surface area (Å²) in [7, 11) is 1.46. The van der Waals surface area contributed by atoms with Crippen molar-refractivity contribution in [1.82, 2.24) is 4.98 Å². The minimum atomic E-state index is -0.542. The van der Waals surface area contributed by atoms with Crippen LogP contribution in [0.3, 0.4) is 0 Å². The lowest BCUT2D eigenvalue weighted by molar-refractivity contribution is 0.102. The van der Waals surface area contributed by atoms with E-state index in [-0.39, 0.29) is 10.7 Å². The molecule has 0 saturated heterocycles. The van der Waals surface area contributed by atoms with Gasteiger partial charge < -0.3 is 10.1 Å². The maximum atomic E-state index is 13.0. The van der Waals surface area contributed by atoms with Gasteiger partial charge in [-0.3, -0.25) is 4.79 Å². The number of rotatable bonds is 3. The molecule has 0 atom stereocenters. The van der Waals surface area contributed by atoms with Crippen LogP contribution in [0.25, 0.3) is 0 Å². The van der Waals surface area contributed by atoms with Crippen molar-refractivity contribution in [3.63, 3.8) is 0 Å². The third-order valence-corrected chi connectivity index (χ3v) is 2.63. The van der Waals surface area contributed by atoms with Crippen LogP contribution in [0, 0.1) is 5.82 Å². The summed E-state index contributed by atoms with van der Waals surface area (Å²) in [6.07, 6.45) is 0. The Kier molecular flexibility index (Phi) is 3.97. The highest BCUT2D eigenvalue weighted by molar-refractivity contribution is 6.31. The van der Waals surface area contributed by atoms with E-state index in [1.54, 1.807) is 18.2 Å². The second-order valence-corrected chi connectivity index (χ2v) is 4.06. The fraction of sp³-hybridized carbons (Fsp3) is 0.0769. The van der Waals surface area contributed by atoms with Crippen molar-refractivity contribution >= 4 is 23.2 Å². The summed E-state index contributed by atoms with van der Waals surface area (Å²) < 4.78 is 17.9. The normalized spacial score (nSPS) is 10.1. The smallest absolute Gasteiger partial charge is 0.274 e. The van der Waals surface area contributed by atoms with Crippen molar-refractivity contribution < 1.29 is 13.9 Å². The maximum Gasteiger partial charge on any atom is 0.274 e. The number of carbonyl (C=O) groups excluding carboxylic acids is 1. The zero-order valence-corrected chi connectivity index (χ0v) is 10.7. The van der Waals surface area contributed by atoms with E-state index in [0.717, 1.165) is 0 Å². The van der Waals surface area contributed by atoms with E-state index in [9.17, 15) is 9.18 Å². The summed E-state index contributed by atoms with van der Waals surface area (Å²) in [6, 6.07) is 8.75. The molecule has 1 N–H and O–H groups in total. The number of pyridine rings is 1. The Bertz CT molecular complexity index is 619. The standard InChI is InChI=1S/C13H10ClFN2O2/c1-19-12-4-2-3-11(17-12)13(18)16-8-5-6-10(15)9(14)7-8/h2-7H,1H3,(H,16,18). The zero-order chi connectivity index (χ0) is 13.8. The molecular weight excluding hydrogens is 271 g/mol. The average molecular weight is 281 g/mol. The third-order valence-electron chi connectivity index (χ3n) is 2.34. The molecule has 1 aromatic heterocycles. The van der Waals surface area contributed by atoms with E-state index < -0.39 is 11.7 Å². The number of halogens is 2. The van der Waals surface area contributed by atoms with Gasteiger partial charge in [-0.1, -0.05) is 17.7 Å². The lowest BCUT2D eigenvalue weighted by Gasteiger charge is -2.06. The van der Waals surface area contributed by atoms with Crippen molar-refractivity contribution in [2.45, 2.75) is 0 Å². The number of hydrogen-bond donors (Lipinski definition) is 1. The number of aromatic nitrogens is 1. The first-order chi connectivity index (χ1) is 9.10. The molecular formula is C13H10ClFN2O2. The lowest BCUT2D eigenvalue weighted by atomic mass is 10.3. The molecule has 0 aliphatic carbocycles. The van der Waals surface area contributed by atoms with E-state index in [1.807, 2.05) is 0 Å². The van der Waals surface area contributed by atoms with Gasteiger partial charge in [0.2, 0.25) is 5.88 Å². The molecule has 98 valence electrons. The van der Waals surface area contributed by atoms with E-state index in [4.69, 9.17) is 16.3 Å². The fourth-order valence-corrected chi connectivity index (χ4v) is 1.60. The van der Waals surface area contributed by atoms with Crippen LogP contribution in [0.1, 0.15) is 10.5 Å². The number of hydrogen-bond acceptors (Lipinski definition) is 3. The van der Waals surface area contributed by atoms with Crippen molar-refractivity contribution in [3.8, 4) is 5.88 Å². The quantitative estimate of drug-likeness (QED) is 0.940. The van der Waals surface area contributed by atoms with Gasteiger partial charge in [-0.05, 0) is 24.3 Å². The summed E-state index contributed by atoms with van der Waals surface area (Å²) in [5.74, 6) is -0.634. The predicted molar refractivity (Wildman–Crippen MR) is 70.2 cm³/mol. The van der Waals surface area contributed by atoms with Gasteiger partial charge in [-0.15, -0.1) is 0 Å². The summed E-state index contributed by atoms with van der Waals surface area (Å²) in [4.78, 5) is 15.9. The van der Waals surface area contributed by atoms with Gasteiger partial charge in [0.1, 0.15) is 11.5 Å². The average Bonchev–Trinajstić information content (AvgIpc) is 2.43. The minimum absolute atomic E-state index is 0.0589. The summed E-state index contributed by atoms with van der Waals surface area (Å²) in [6.45, 7) is 0. The molecule has 0 aliphatic rings. The number of methoxy groups -OCH3 is 1. The number of anilines is 1. The molecule has 19 heavy (non-hydrogen) atoms. The number of nitrogens with zero attached hydrogens (tertiary/aromatic N) is 1. The molecule has 0 fully saturated rings. The highest BCUT2D eigenvalue weighted by atomic mass is 35.5. The topological polar surface area (TPSA) is 51.2 Å². The minimum Gasteiger partial charge on any atom is -0.481 e. The Morgan fingerprint density at radius 1 is 1.37 bits per heavy atom. The van der Waals surface area contributed by atoms with Crippen molar-refractivity contribution in [3.05, 3.63) is 52.9 Å². The van der Waals surface area contributed by atoms with E-state index in [1.165, 1.54) is 25.3 Å². The summed E-state index contributed by atoms with van der Waals surface area (Å²) in [5.41, 5.74) is 0.584. The Hall–Kier alpha value is -2.14. The molecule has 6 heteroatoms. The number of nitrogens with one attached hydrogen (secondary N) is 1. The SMILES string of the molecule is COc1cccc(C(=O)Nc2ccc(F)c(Cl)c2)n1. The molecule has 0 unspecified atom stereocenters. The van der Waals surface area contributed by atoms with Gasteiger partial charge in [-0.25, -0.2) is 9.37 Å². The van der Waals surface area contributed by atoms with Gasteiger partial charge in [0.25, 0.3) is 5.91 Å². The highest BCUT2D eigenvalue weighted by Gasteiger charge is 2.09. The molecule has 0 saturated carbocycles. The van der Waals surface area contributed by atoms with Crippen LogP contribution in [0.4, 0.5) is 10.1 Å². The third kappa shape index (κ3) is 3.20. The summed E-state index contributed by atoms with van der Waals surface area (Å²) >= 11 is 5.63. The first-order valence-corrected chi connectivity index (χ1v) is 5.75. The van der Waals surface area contributed by atoms with Crippen LogP contribution in [0.5, 0.6) is 5.88 Å². The first-order valence-electron chi connectivity index (χ1n) is 5.37. The van der Waals surface area contributed by atoms with Crippen LogP contribution >= 0.6 is 11.6 Å². The Balaban J connectivity index is 2.18. The summed E-state index contributed by atoms with van der Waals surface area (Å²) in [5, 5.41) is 2.51. The second kappa shape index (κ2) is 5.67. The van der Waals surface area contributed by atoms with E-state index in [2.05, 4.69) is 10.3 Å². The predicted octanol–water partition coefficient (Wildman–Crippen LogP) is 3.14. The van der Waals surface area contributed by atoms with Crippen LogP contribution in [0.15, 0.2) is 36.4 Å². The van der Waals surface area contributed by atoms with Gasteiger partial charge in [0.05, 0.1) is 12.1 Å². The van der Waals surface area contributed by atoms with Gasteiger partial charge in [0, 0.05) is 11.8 Å². The number of carbonyl (C=O) groups is 1. The number of ether oxygens (including phenoxy) is 1. The van der Waals surface area contributed by atoms with Crippen LogP contribution in [-0.4, -0.2) is 18.0 Å². The Morgan fingerprint density at radius 3 is 2.84 bits per heavy atom. The van der Waals surface area contributed by atoms with E-state index in [0.29, 0.717) is 11.6 Å². The maximum absolute atomic E-state index is 13.0. The number of benzene rings is 1. The van der Waals surface area contributed by atoms with Gasteiger partial charge in [-0.2, -0.15) is 0 Å².